The van der Waals surface area contributed by atoms with E-state index in [1.54, 1.807) is 0 Å². The van der Waals surface area contributed by atoms with Crippen molar-refractivity contribution in [2.75, 3.05) is 11.6 Å². The first-order valence-corrected chi connectivity index (χ1v) is 12.6. The maximum Gasteiger partial charge on any atom is 0.435 e. The molecule has 8 nitrogen and oxygen atoms in total. The lowest BCUT2D eigenvalue weighted by Gasteiger charge is -2.17. The van der Waals surface area contributed by atoms with Gasteiger partial charge >= 0.3 is 6.18 Å². The maximum absolute atomic E-state index is 14.8. The zero-order valence-corrected chi connectivity index (χ0v) is 20.4. The lowest BCUT2D eigenvalue weighted by Crippen LogP contribution is -2.21. The quantitative estimate of drug-likeness (QED) is 0.434. The molecular formula is C23H19F5N4O4S. The van der Waals surface area contributed by atoms with Gasteiger partial charge in [0.25, 0.3) is 11.8 Å². The largest absolute Gasteiger partial charge is 0.435 e. The van der Waals surface area contributed by atoms with Gasteiger partial charge < -0.3 is 10.1 Å². The van der Waals surface area contributed by atoms with Crippen LogP contribution in [0.1, 0.15) is 45.8 Å². The van der Waals surface area contributed by atoms with E-state index in [0.29, 0.717) is 0 Å². The third-order valence-corrected chi connectivity index (χ3v) is 6.75. The van der Waals surface area contributed by atoms with Crippen LogP contribution in [0.4, 0.5) is 27.6 Å². The van der Waals surface area contributed by atoms with Crippen molar-refractivity contribution in [3.05, 3.63) is 64.4 Å². The van der Waals surface area contributed by atoms with Crippen LogP contribution >= 0.6 is 0 Å². The Hall–Kier alpha value is -3.68. The molecule has 2 heterocycles. The first kappa shape index (κ1) is 26.4. The van der Waals surface area contributed by atoms with Crippen molar-refractivity contribution in [1.82, 2.24) is 15.2 Å². The fraction of sp³-hybridized carbons (Fsp3) is 0.304. The Morgan fingerprint density at radius 1 is 1.14 bits per heavy atom. The van der Waals surface area contributed by atoms with Gasteiger partial charge in [0.05, 0.1) is 16.3 Å². The van der Waals surface area contributed by atoms with Crippen LogP contribution in [0.15, 0.2) is 35.2 Å². The Bertz CT molecular complexity index is 1500. The van der Waals surface area contributed by atoms with Gasteiger partial charge in [-0.05, 0) is 50.5 Å². The maximum atomic E-state index is 14.8. The number of rotatable bonds is 6. The number of halogens is 5. The molecule has 0 bridgehead atoms. The lowest BCUT2D eigenvalue weighted by molar-refractivity contribution is -0.142. The normalized spacial score (nSPS) is 14.8. The van der Waals surface area contributed by atoms with Crippen molar-refractivity contribution in [3.8, 4) is 11.6 Å². The van der Waals surface area contributed by atoms with Gasteiger partial charge in [-0.3, -0.25) is 9.78 Å². The monoisotopic (exact) mass is 542 g/mol. The predicted octanol–water partition coefficient (Wildman–Crippen LogP) is 5.05. The summed E-state index contributed by atoms with van der Waals surface area (Å²) >= 11 is 0. The van der Waals surface area contributed by atoms with Gasteiger partial charge in [-0.25, -0.2) is 17.2 Å². The Morgan fingerprint density at radius 2 is 1.81 bits per heavy atom. The molecule has 1 N–H and O–H groups in total. The van der Waals surface area contributed by atoms with Crippen molar-refractivity contribution in [3.63, 3.8) is 0 Å². The van der Waals surface area contributed by atoms with E-state index in [1.165, 1.54) is 25.1 Å². The number of ether oxygens (including phenoxy) is 1. The summed E-state index contributed by atoms with van der Waals surface area (Å²) in [6, 6.07) is 5.84. The van der Waals surface area contributed by atoms with Gasteiger partial charge in [-0.1, -0.05) is 6.07 Å². The SMILES string of the molecule is Cc1nc(C2(F)CC2)cc(F)c1Oc1nnc(C(F)(F)F)c(C)c1C(=O)Nc1cccc(S(C)(=O)=O)c1. The minimum absolute atomic E-state index is 0.0466. The number of amides is 1. The third-order valence-electron chi connectivity index (χ3n) is 5.64. The van der Waals surface area contributed by atoms with Crippen LogP contribution < -0.4 is 10.1 Å². The number of benzene rings is 1. The molecule has 1 amide bonds. The van der Waals surface area contributed by atoms with Gasteiger partial charge in [0.1, 0.15) is 5.56 Å². The standard InChI is InChI=1S/C23H19F5N4O4S/c1-11-17(20(33)30-13-5-4-6-14(9-13)37(3,34)35)21(32-31-19(11)23(26,27)28)36-18-12(2)29-16(10-15(18)24)22(25)7-8-22/h4-6,9-10H,7-8H2,1-3H3,(H,30,33). The highest BCUT2D eigenvalue weighted by atomic mass is 32.2. The molecular weight excluding hydrogens is 523 g/mol. The van der Waals surface area contributed by atoms with Crippen molar-refractivity contribution >= 4 is 21.4 Å². The number of carbonyl (C=O) groups excluding carboxylic acids is 1. The summed E-state index contributed by atoms with van der Waals surface area (Å²) < 4.78 is 98.7. The Kier molecular flexibility index (Phi) is 6.42. The highest BCUT2D eigenvalue weighted by molar-refractivity contribution is 7.90. The molecule has 1 fully saturated rings. The molecule has 0 unspecified atom stereocenters. The first-order valence-electron chi connectivity index (χ1n) is 10.7. The number of hydrogen-bond acceptors (Lipinski definition) is 7. The highest BCUT2D eigenvalue weighted by Crippen LogP contribution is 2.49. The molecule has 1 saturated carbocycles. The third kappa shape index (κ3) is 5.38. The number of anilines is 1. The minimum atomic E-state index is -4.98. The van der Waals surface area contributed by atoms with E-state index < -0.39 is 61.9 Å². The Labute approximate surface area is 207 Å². The average molecular weight is 542 g/mol. The Balaban J connectivity index is 1.77. The second kappa shape index (κ2) is 9.01. The van der Waals surface area contributed by atoms with E-state index in [1.807, 2.05) is 0 Å². The summed E-state index contributed by atoms with van der Waals surface area (Å²) in [6.45, 7) is 2.26. The van der Waals surface area contributed by atoms with Gasteiger partial charge in [-0.15, -0.1) is 10.2 Å². The number of sulfone groups is 1. The zero-order valence-electron chi connectivity index (χ0n) is 19.6. The number of aromatic nitrogens is 3. The number of carbonyl (C=O) groups is 1. The number of aryl methyl sites for hydroxylation is 1. The molecule has 0 radical (unpaired) electrons. The molecule has 0 atom stereocenters. The lowest BCUT2D eigenvalue weighted by atomic mass is 10.1. The van der Waals surface area contributed by atoms with E-state index in [-0.39, 0.29) is 34.8 Å². The van der Waals surface area contributed by atoms with Gasteiger partial charge in [0, 0.05) is 18.0 Å². The van der Waals surface area contributed by atoms with Crippen molar-refractivity contribution in [1.29, 1.82) is 0 Å². The number of hydrogen-bond donors (Lipinski definition) is 1. The van der Waals surface area contributed by atoms with E-state index in [0.717, 1.165) is 25.3 Å². The fourth-order valence-corrected chi connectivity index (χ4v) is 4.21. The van der Waals surface area contributed by atoms with Gasteiger partial charge in [-0.2, -0.15) is 13.2 Å². The molecule has 37 heavy (non-hydrogen) atoms. The van der Waals surface area contributed by atoms with Crippen LogP contribution in [0.5, 0.6) is 11.6 Å². The minimum Gasteiger partial charge on any atom is -0.432 e. The average Bonchev–Trinajstić information content (AvgIpc) is 3.53. The molecule has 14 heteroatoms. The summed E-state index contributed by atoms with van der Waals surface area (Å²) in [7, 11) is -3.65. The summed E-state index contributed by atoms with van der Waals surface area (Å²) in [6.07, 6.45) is -3.69. The molecule has 196 valence electrons. The molecule has 1 aromatic carbocycles. The van der Waals surface area contributed by atoms with Crippen LogP contribution in [0.3, 0.4) is 0 Å². The zero-order chi connectivity index (χ0) is 27.3. The van der Waals surface area contributed by atoms with Gasteiger partial charge in [0.2, 0.25) is 0 Å². The highest BCUT2D eigenvalue weighted by Gasteiger charge is 2.47. The summed E-state index contributed by atoms with van der Waals surface area (Å²) in [5.74, 6) is -3.55. The van der Waals surface area contributed by atoms with Crippen molar-refractivity contribution in [2.45, 2.75) is 43.4 Å². The second-order valence-corrected chi connectivity index (χ2v) is 10.6. The molecule has 0 aliphatic heterocycles. The number of nitrogens with zero attached hydrogens (tertiary/aromatic N) is 3. The van der Waals surface area contributed by atoms with Crippen LogP contribution in [0.2, 0.25) is 0 Å². The molecule has 1 aliphatic rings. The number of alkyl halides is 4. The molecule has 0 saturated heterocycles. The molecule has 4 rings (SSSR count). The van der Waals surface area contributed by atoms with Crippen LogP contribution in [-0.4, -0.2) is 35.8 Å². The summed E-state index contributed by atoms with van der Waals surface area (Å²) in [5.41, 5.74) is -4.93. The molecule has 3 aromatic rings. The van der Waals surface area contributed by atoms with Crippen LogP contribution in [-0.2, 0) is 21.7 Å². The van der Waals surface area contributed by atoms with E-state index in [9.17, 15) is 35.2 Å². The second-order valence-electron chi connectivity index (χ2n) is 8.58. The summed E-state index contributed by atoms with van der Waals surface area (Å²) in [5, 5.41) is 8.78. The summed E-state index contributed by atoms with van der Waals surface area (Å²) in [4.78, 5) is 17.0. The van der Waals surface area contributed by atoms with E-state index in [2.05, 4.69) is 20.5 Å². The van der Waals surface area contributed by atoms with Crippen molar-refractivity contribution < 1.29 is 39.9 Å². The molecule has 2 aromatic heterocycles. The topological polar surface area (TPSA) is 111 Å². The molecule has 1 aliphatic carbocycles. The fourth-order valence-electron chi connectivity index (χ4n) is 3.54. The first-order chi connectivity index (χ1) is 17.1. The van der Waals surface area contributed by atoms with E-state index in [4.69, 9.17) is 4.74 Å². The number of nitrogens with one attached hydrogen (secondary N) is 1. The predicted molar refractivity (Wildman–Crippen MR) is 120 cm³/mol. The smallest absolute Gasteiger partial charge is 0.432 e. The van der Waals surface area contributed by atoms with Gasteiger partial charge in [0.15, 0.2) is 32.8 Å². The van der Waals surface area contributed by atoms with Crippen LogP contribution in [0, 0.1) is 19.7 Å². The number of pyridine rings is 1. The Morgan fingerprint density at radius 3 is 2.38 bits per heavy atom. The van der Waals surface area contributed by atoms with E-state index >= 15 is 0 Å². The molecule has 0 spiro atoms. The van der Waals surface area contributed by atoms with Crippen molar-refractivity contribution in [2.24, 2.45) is 0 Å². The van der Waals surface area contributed by atoms with Crippen LogP contribution in [0.25, 0.3) is 0 Å².